The van der Waals surface area contributed by atoms with Crippen LogP contribution in [0.4, 0.5) is 11.4 Å². The predicted molar refractivity (Wildman–Crippen MR) is 130 cm³/mol. The Balaban J connectivity index is 1.47. The SMILES string of the molecule is Cc1ccc(CN2CCSCC2)cc1NC(=O)c1ccc(C)c(NC(=O)c2ccco2)c1. The minimum Gasteiger partial charge on any atom is -0.459 e. The Hall–Kier alpha value is -3.03. The van der Waals surface area contributed by atoms with Gasteiger partial charge >= 0.3 is 0 Å². The van der Waals surface area contributed by atoms with Crippen molar-refractivity contribution in [2.75, 3.05) is 35.2 Å². The number of hydrogen-bond acceptors (Lipinski definition) is 5. The molecule has 7 heteroatoms. The van der Waals surface area contributed by atoms with E-state index in [9.17, 15) is 9.59 Å². The highest BCUT2D eigenvalue weighted by Gasteiger charge is 2.15. The molecule has 1 aromatic heterocycles. The van der Waals surface area contributed by atoms with Crippen molar-refractivity contribution in [3.05, 3.63) is 82.8 Å². The summed E-state index contributed by atoms with van der Waals surface area (Å²) < 4.78 is 5.15. The van der Waals surface area contributed by atoms with Gasteiger partial charge in [0.2, 0.25) is 0 Å². The molecule has 0 unspecified atom stereocenters. The molecule has 1 aliphatic heterocycles. The van der Waals surface area contributed by atoms with E-state index in [1.165, 1.54) is 23.3 Å². The summed E-state index contributed by atoms with van der Waals surface area (Å²) in [6.07, 6.45) is 1.45. The third-order valence-corrected chi connectivity index (χ3v) is 6.50. The first kappa shape index (κ1) is 22.2. The number of benzene rings is 2. The Bertz CT molecular complexity index is 1110. The van der Waals surface area contributed by atoms with Crippen LogP contribution in [-0.4, -0.2) is 41.3 Å². The summed E-state index contributed by atoms with van der Waals surface area (Å²) in [5.41, 5.74) is 4.92. The van der Waals surface area contributed by atoms with Crippen LogP contribution in [0.25, 0.3) is 0 Å². The summed E-state index contributed by atoms with van der Waals surface area (Å²) in [6.45, 7) is 6.94. The molecule has 2 aromatic carbocycles. The molecule has 2 amide bonds. The molecule has 0 aliphatic carbocycles. The lowest BCUT2D eigenvalue weighted by molar-refractivity contribution is 0.0993. The van der Waals surface area contributed by atoms with Crippen LogP contribution in [0.3, 0.4) is 0 Å². The molecule has 4 rings (SSSR count). The Morgan fingerprint density at radius 3 is 2.34 bits per heavy atom. The van der Waals surface area contributed by atoms with Gasteiger partial charge in [-0.05, 0) is 60.9 Å². The van der Waals surface area contributed by atoms with Gasteiger partial charge in [-0.3, -0.25) is 14.5 Å². The molecule has 0 atom stereocenters. The molecule has 1 saturated heterocycles. The fraction of sp³-hybridized carbons (Fsp3) is 0.280. The molecule has 2 heterocycles. The van der Waals surface area contributed by atoms with Gasteiger partial charge in [0, 0.05) is 48.1 Å². The van der Waals surface area contributed by atoms with Crippen molar-refractivity contribution in [3.63, 3.8) is 0 Å². The second kappa shape index (κ2) is 10.1. The summed E-state index contributed by atoms with van der Waals surface area (Å²) in [7, 11) is 0. The van der Waals surface area contributed by atoms with Crippen molar-refractivity contribution >= 4 is 35.0 Å². The second-order valence-corrected chi connectivity index (χ2v) is 9.18. The number of nitrogens with one attached hydrogen (secondary N) is 2. The van der Waals surface area contributed by atoms with Crippen LogP contribution in [-0.2, 0) is 6.54 Å². The first-order valence-corrected chi connectivity index (χ1v) is 11.8. The smallest absolute Gasteiger partial charge is 0.291 e. The Labute approximate surface area is 192 Å². The van der Waals surface area contributed by atoms with Crippen LogP contribution in [0.15, 0.2) is 59.2 Å². The highest BCUT2D eigenvalue weighted by Crippen LogP contribution is 2.23. The van der Waals surface area contributed by atoms with Crippen molar-refractivity contribution in [1.82, 2.24) is 4.90 Å². The second-order valence-electron chi connectivity index (χ2n) is 7.95. The fourth-order valence-electron chi connectivity index (χ4n) is 3.60. The van der Waals surface area contributed by atoms with Gasteiger partial charge in [0.05, 0.1) is 6.26 Å². The molecule has 6 nitrogen and oxygen atoms in total. The van der Waals surface area contributed by atoms with Gasteiger partial charge in [0.1, 0.15) is 0 Å². The molecular formula is C25H27N3O3S. The van der Waals surface area contributed by atoms with Crippen molar-refractivity contribution in [2.45, 2.75) is 20.4 Å². The Morgan fingerprint density at radius 2 is 1.62 bits per heavy atom. The van der Waals surface area contributed by atoms with Crippen molar-refractivity contribution in [2.24, 2.45) is 0 Å². The molecule has 1 fully saturated rings. The minimum atomic E-state index is -0.352. The molecule has 1 aliphatic rings. The van der Waals surface area contributed by atoms with E-state index >= 15 is 0 Å². The maximum absolute atomic E-state index is 13.0. The van der Waals surface area contributed by atoms with Crippen molar-refractivity contribution in [1.29, 1.82) is 0 Å². The topological polar surface area (TPSA) is 74.6 Å². The van der Waals surface area contributed by atoms with E-state index in [-0.39, 0.29) is 17.6 Å². The van der Waals surface area contributed by atoms with E-state index in [0.717, 1.165) is 36.4 Å². The van der Waals surface area contributed by atoms with Gasteiger partial charge in [0.15, 0.2) is 5.76 Å². The average Bonchev–Trinajstić information content (AvgIpc) is 3.33. The summed E-state index contributed by atoms with van der Waals surface area (Å²) >= 11 is 2.00. The van der Waals surface area contributed by atoms with Gasteiger partial charge in [-0.1, -0.05) is 18.2 Å². The first-order chi connectivity index (χ1) is 15.5. The number of furan rings is 1. The van der Waals surface area contributed by atoms with Crippen LogP contribution in [0.1, 0.15) is 37.6 Å². The van der Waals surface area contributed by atoms with Crippen molar-refractivity contribution in [3.8, 4) is 0 Å². The largest absolute Gasteiger partial charge is 0.459 e. The third kappa shape index (κ3) is 5.41. The normalized spacial score (nSPS) is 14.2. The van der Waals surface area contributed by atoms with Crippen LogP contribution in [0.2, 0.25) is 0 Å². The fourth-order valence-corrected chi connectivity index (χ4v) is 4.58. The number of nitrogens with zero attached hydrogens (tertiary/aromatic N) is 1. The van der Waals surface area contributed by atoms with E-state index < -0.39 is 0 Å². The highest BCUT2D eigenvalue weighted by atomic mass is 32.2. The zero-order chi connectivity index (χ0) is 22.5. The lowest BCUT2D eigenvalue weighted by Gasteiger charge is -2.26. The quantitative estimate of drug-likeness (QED) is 0.557. The number of anilines is 2. The number of thioether (sulfide) groups is 1. The van der Waals surface area contributed by atoms with Crippen molar-refractivity contribution < 1.29 is 14.0 Å². The van der Waals surface area contributed by atoms with Crippen LogP contribution in [0, 0.1) is 13.8 Å². The zero-order valence-electron chi connectivity index (χ0n) is 18.3. The highest BCUT2D eigenvalue weighted by molar-refractivity contribution is 7.99. The van der Waals surface area contributed by atoms with Gasteiger partial charge in [-0.15, -0.1) is 0 Å². The molecule has 2 N–H and O–H groups in total. The van der Waals surface area contributed by atoms with E-state index in [2.05, 4.69) is 27.7 Å². The summed E-state index contributed by atoms with van der Waals surface area (Å²) in [4.78, 5) is 27.8. The molecule has 0 bridgehead atoms. The van der Waals surface area contributed by atoms with Gasteiger partial charge in [-0.2, -0.15) is 11.8 Å². The Kier molecular flexibility index (Phi) is 6.97. The predicted octanol–water partition coefficient (Wildman–Crippen LogP) is 4.95. The maximum Gasteiger partial charge on any atom is 0.291 e. The average molecular weight is 450 g/mol. The Morgan fingerprint density at radius 1 is 0.938 bits per heavy atom. The maximum atomic E-state index is 13.0. The number of hydrogen-bond donors (Lipinski definition) is 2. The zero-order valence-corrected chi connectivity index (χ0v) is 19.1. The van der Waals surface area contributed by atoms with E-state index in [1.54, 1.807) is 24.3 Å². The number of rotatable bonds is 6. The summed E-state index contributed by atoms with van der Waals surface area (Å²) in [6, 6.07) is 14.8. The monoisotopic (exact) mass is 449 g/mol. The summed E-state index contributed by atoms with van der Waals surface area (Å²) in [5, 5.41) is 5.86. The molecule has 0 radical (unpaired) electrons. The molecule has 3 aromatic rings. The van der Waals surface area contributed by atoms with E-state index in [0.29, 0.717) is 11.3 Å². The molecule has 32 heavy (non-hydrogen) atoms. The molecular weight excluding hydrogens is 422 g/mol. The number of carbonyl (C=O) groups excluding carboxylic acids is 2. The lowest BCUT2D eigenvalue weighted by atomic mass is 10.1. The van der Waals surface area contributed by atoms with Crippen LogP contribution >= 0.6 is 11.8 Å². The van der Waals surface area contributed by atoms with Gasteiger partial charge in [0.25, 0.3) is 11.8 Å². The van der Waals surface area contributed by atoms with Crippen LogP contribution < -0.4 is 10.6 Å². The van der Waals surface area contributed by atoms with Gasteiger partial charge < -0.3 is 15.1 Å². The number of aryl methyl sites for hydroxylation is 2. The standard InChI is InChI=1S/C25H27N3O3S/c1-17-5-7-19(16-28-9-12-32-13-10-28)14-21(17)26-24(29)20-8-6-18(2)22(15-20)27-25(30)23-4-3-11-31-23/h3-8,11,14-15H,9-10,12-13,16H2,1-2H3,(H,26,29)(H,27,30). The molecule has 0 spiro atoms. The third-order valence-electron chi connectivity index (χ3n) is 5.55. The van der Waals surface area contributed by atoms with Gasteiger partial charge in [-0.25, -0.2) is 0 Å². The summed E-state index contributed by atoms with van der Waals surface area (Å²) in [5.74, 6) is 1.99. The number of amides is 2. The number of carbonyl (C=O) groups is 2. The van der Waals surface area contributed by atoms with E-state index in [1.807, 2.05) is 37.7 Å². The first-order valence-electron chi connectivity index (χ1n) is 10.7. The lowest BCUT2D eigenvalue weighted by Crippen LogP contribution is -2.32. The molecule has 0 saturated carbocycles. The van der Waals surface area contributed by atoms with Crippen LogP contribution in [0.5, 0.6) is 0 Å². The molecule has 166 valence electrons. The minimum absolute atomic E-state index is 0.215. The van der Waals surface area contributed by atoms with E-state index in [4.69, 9.17) is 4.42 Å².